The second-order valence-electron chi connectivity index (χ2n) is 3.83. The molecule has 1 heterocycles. The summed E-state index contributed by atoms with van der Waals surface area (Å²) in [7, 11) is 1.77. The zero-order valence-corrected chi connectivity index (χ0v) is 10.4. The van der Waals surface area contributed by atoms with Gasteiger partial charge in [0.05, 0.1) is 24.6 Å². The molecule has 17 heavy (non-hydrogen) atoms. The van der Waals surface area contributed by atoms with E-state index in [0.717, 1.165) is 5.69 Å². The largest absolute Gasteiger partial charge is 0.462 e. The molecular weight excluding hydrogens is 222 g/mol. The number of carbonyl (C=O) groups is 1. The maximum Gasteiger partial charge on any atom is 0.341 e. The van der Waals surface area contributed by atoms with Gasteiger partial charge in [0.15, 0.2) is 0 Å². The molecule has 0 saturated heterocycles. The number of hydrogen-bond donors (Lipinski definition) is 2. The Balaban J connectivity index is 2.69. The summed E-state index contributed by atoms with van der Waals surface area (Å²) in [5, 5.41) is 16.2. The molecular formula is C11H19N3O3. The van der Waals surface area contributed by atoms with Gasteiger partial charge < -0.3 is 15.2 Å². The predicted molar refractivity (Wildman–Crippen MR) is 62.6 cm³/mol. The molecule has 6 nitrogen and oxygen atoms in total. The number of ether oxygens (including phenoxy) is 1. The highest BCUT2D eigenvalue weighted by molar-refractivity contribution is 5.90. The van der Waals surface area contributed by atoms with Gasteiger partial charge in [0.25, 0.3) is 0 Å². The van der Waals surface area contributed by atoms with Crippen LogP contribution in [0.15, 0.2) is 6.20 Å². The van der Waals surface area contributed by atoms with Crippen LogP contribution in [-0.2, 0) is 18.3 Å². The first-order valence-electron chi connectivity index (χ1n) is 5.63. The first-order valence-corrected chi connectivity index (χ1v) is 5.63. The van der Waals surface area contributed by atoms with Crippen LogP contribution >= 0.6 is 0 Å². The van der Waals surface area contributed by atoms with Crippen molar-refractivity contribution in [3.8, 4) is 0 Å². The topological polar surface area (TPSA) is 76.4 Å². The first kappa shape index (κ1) is 13.7. The van der Waals surface area contributed by atoms with Crippen molar-refractivity contribution in [3.05, 3.63) is 17.5 Å². The Morgan fingerprint density at radius 2 is 2.41 bits per heavy atom. The fraction of sp³-hybridized carbons (Fsp3) is 0.636. The highest BCUT2D eigenvalue weighted by Gasteiger charge is 2.16. The minimum atomic E-state index is -0.422. The van der Waals surface area contributed by atoms with Gasteiger partial charge in [0, 0.05) is 20.1 Å². The molecule has 0 aliphatic carbocycles. The van der Waals surface area contributed by atoms with Crippen LogP contribution in [0.4, 0.5) is 0 Å². The number of rotatable bonds is 6. The molecule has 0 aliphatic rings. The van der Waals surface area contributed by atoms with Crippen LogP contribution in [0, 0.1) is 0 Å². The van der Waals surface area contributed by atoms with E-state index in [1.54, 1.807) is 25.6 Å². The van der Waals surface area contributed by atoms with E-state index in [1.165, 1.54) is 6.20 Å². The zero-order valence-electron chi connectivity index (χ0n) is 10.4. The van der Waals surface area contributed by atoms with E-state index in [2.05, 4.69) is 10.4 Å². The Kier molecular flexibility index (Phi) is 5.11. The van der Waals surface area contributed by atoms with Gasteiger partial charge in [0.1, 0.15) is 5.56 Å². The van der Waals surface area contributed by atoms with Crippen molar-refractivity contribution in [2.45, 2.75) is 26.5 Å². The first-order chi connectivity index (χ1) is 8.06. The minimum absolute atomic E-state index is 0.342. The number of nitrogens with one attached hydrogen (secondary N) is 1. The van der Waals surface area contributed by atoms with Gasteiger partial charge in [-0.25, -0.2) is 4.79 Å². The van der Waals surface area contributed by atoms with Crippen molar-refractivity contribution in [1.29, 1.82) is 0 Å². The van der Waals surface area contributed by atoms with Gasteiger partial charge in [-0.05, 0) is 13.8 Å². The van der Waals surface area contributed by atoms with Gasteiger partial charge >= 0.3 is 5.97 Å². The molecule has 1 rings (SSSR count). The Hall–Kier alpha value is -1.40. The molecule has 0 aromatic carbocycles. The number of aliphatic hydroxyl groups excluding tert-OH is 1. The van der Waals surface area contributed by atoms with E-state index >= 15 is 0 Å². The standard InChI is InChI=1S/C11H19N3O3/c1-4-17-11(16)9-6-13-14(3)10(9)7-12-5-8(2)15/h6,8,12,15H,4-5,7H2,1-3H3. The lowest BCUT2D eigenvalue weighted by atomic mass is 10.2. The van der Waals surface area contributed by atoms with E-state index in [1.807, 2.05) is 0 Å². The van der Waals surface area contributed by atoms with Gasteiger partial charge in [-0.2, -0.15) is 5.10 Å². The third-order valence-corrected chi connectivity index (χ3v) is 2.29. The summed E-state index contributed by atoms with van der Waals surface area (Å²) in [5.74, 6) is -0.366. The zero-order chi connectivity index (χ0) is 12.8. The summed E-state index contributed by atoms with van der Waals surface area (Å²) in [5.41, 5.74) is 1.22. The number of aryl methyl sites for hydroxylation is 1. The summed E-state index contributed by atoms with van der Waals surface area (Å²) in [4.78, 5) is 11.6. The normalized spacial score (nSPS) is 12.5. The molecule has 6 heteroatoms. The summed E-state index contributed by atoms with van der Waals surface area (Å²) in [6.07, 6.45) is 1.08. The fourth-order valence-corrected chi connectivity index (χ4v) is 1.45. The van der Waals surface area contributed by atoms with E-state index in [0.29, 0.717) is 25.3 Å². The molecule has 0 radical (unpaired) electrons. The van der Waals surface area contributed by atoms with E-state index in [-0.39, 0.29) is 5.97 Å². The Morgan fingerprint density at radius 3 is 3.00 bits per heavy atom. The lowest BCUT2D eigenvalue weighted by Crippen LogP contribution is -2.26. The van der Waals surface area contributed by atoms with E-state index in [9.17, 15) is 4.79 Å². The molecule has 0 aliphatic heterocycles. The van der Waals surface area contributed by atoms with Gasteiger partial charge in [0.2, 0.25) is 0 Å². The molecule has 2 N–H and O–H groups in total. The van der Waals surface area contributed by atoms with Crippen LogP contribution in [0.3, 0.4) is 0 Å². The summed E-state index contributed by atoms with van der Waals surface area (Å²) >= 11 is 0. The van der Waals surface area contributed by atoms with Crippen molar-refractivity contribution < 1.29 is 14.6 Å². The number of carbonyl (C=O) groups excluding carboxylic acids is 1. The molecule has 1 aromatic heterocycles. The third-order valence-electron chi connectivity index (χ3n) is 2.29. The number of aliphatic hydroxyl groups is 1. The predicted octanol–water partition coefficient (Wildman–Crippen LogP) is 0.0672. The number of esters is 1. The second-order valence-corrected chi connectivity index (χ2v) is 3.83. The number of hydrogen-bond acceptors (Lipinski definition) is 5. The second kappa shape index (κ2) is 6.36. The molecule has 0 saturated carbocycles. The lowest BCUT2D eigenvalue weighted by molar-refractivity contribution is 0.0524. The Morgan fingerprint density at radius 1 is 1.71 bits per heavy atom. The highest BCUT2D eigenvalue weighted by Crippen LogP contribution is 2.09. The van der Waals surface area contributed by atoms with E-state index < -0.39 is 6.10 Å². The molecule has 0 fully saturated rings. The molecule has 0 bridgehead atoms. The quantitative estimate of drug-likeness (QED) is 0.689. The average Bonchev–Trinajstić information content (AvgIpc) is 2.60. The van der Waals surface area contributed by atoms with Crippen molar-refractivity contribution in [2.24, 2.45) is 7.05 Å². The fourth-order valence-electron chi connectivity index (χ4n) is 1.45. The molecule has 1 aromatic rings. The smallest absolute Gasteiger partial charge is 0.341 e. The van der Waals surface area contributed by atoms with Crippen molar-refractivity contribution in [3.63, 3.8) is 0 Å². The van der Waals surface area contributed by atoms with Crippen LogP contribution in [0.25, 0.3) is 0 Å². The van der Waals surface area contributed by atoms with Crippen LogP contribution in [0.2, 0.25) is 0 Å². The number of aromatic nitrogens is 2. The van der Waals surface area contributed by atoms with Gasteiger partial charge in [-0.15, -0.1) is 0 Å². The maximum atomic E-state index is 11.6. The summed E-state index contributed by atoms with van der Waals surface area (Å²) < 4.78 is 6.57. The van der Waals surface area contributed by atoms with Gasteiger partial charge in [-0.1, -0.05) is 0 Å². The average molecular weight is 241 g/mol. The van der Waals surface area contributed by atoms with Crippen LogP contribution < -0.4 is 5.32 Å². The molecule has 96 valence electrons. The van der Waals surface area contributed by atoms with Crippen LogP contribution in [0.5, 0.6) is 0 Å². The van der Waals surface area contributed by atoms with Crippen molar-refractivity contribution >= 4 is 5.97 Å². The molecule has 1 unspecified atom stereocenters. The van der Waals surface area contributed by atoms with Crippen LogP contribution in [0.1, 0.15) is 29.9 Å². The lowest BCUT2D eigenvalue weighted by Gasteiger charge is -2.09. The highest BCUT2D eigenvalue weighted by atomic mass is 16.5. The van der Waals surface area contributed by atoms with Crippen LogP contribution in [-0.4, -0.2) is 40.1 Å². The van der Waals surface area contributed by atoms with Gasteiger partial charge in [-0.3, -0.25) is 4.68 Å². The SMILES string of the molecule is CCOC(=O)c1cnn(C)c1CNCC(C)O. The molecule has 0 spiro atoms. The Labute approximate surface area is 101 Å². The maximum absolute atomic E-state index is 11.6. The van der Waals surface area contributed by atoms with E-state index in [4.69, 9.17) is 9.84 Å². The Bertz CT molecular complexity index is 374. The third kappa shape index (κ3) is 3.83. The van der Waals surface area contributed by atoms with Crippen molar-refractivity contribution in [2.75, 3.05) is 13.2 Å². The molecule has 1 atom stereocenters. The van der Waals surface area contributed by atoms with Crippen molar-refractivity contribution in [1.82, 2.24) is 15.1 Å². The summed E-state index contributed by atoms with van der Waals surface area (Å²) in [6.45, 7) is 4.74. The summed E-state index contributed by atoms with van der Waals surface area (Å²) in [6, 6.07) is 0. The monoisotopic (exact) mass is 241 g/mol. The minimum Gasteiger partial charge on any atom is -0.462 e. The molecule has 0 amide bonds. The number of nitrogens with zero attached hydrogens (tertiary/aromatic N) is 2.